The maximum absolute atomic E-state index is 10.8. The van der Waals surface area contributed by atoms with Gasteiger partial charge in [-0.05, 0) is 50.5 Å². The minimum atomic E-state index is -0.714. The van der Waals surface area contributed by atoms with Crippen molar-refractivity contribution in [2.24, 2.45) is 5.92 Å². The second kappa shape index (κ2) is 4.81. The second-order valence-corrected chi connectivity index (χ2v) is 6.00. The first-order chi connectivity index (χ1) is 8.38. The zero-order valence-corrected chi connectivity index (χ0v) is 11.4. The fraction of sp³-hybridized carbons (Fsp3) is 0.500. The van der Waals surface area contributed by atoms with Gasteiger partial charge in [0.15, 0.2) is 0 Å². The molecule has 0 aromatic heterocycles. The van der Waals surface area contributed by atoms with E-state index in [1.165, 1.54) is 0 Å². The first-order valence-corrected chi connectivity index (χ1v) is 6.51. The quantitative estimate of drug-likeness (QED) is 0.912. The monoisotopic (exact) mass is 267 g/mol. The summed E-state index contributed by atoms with van der Waals surface area (Å²) in [6.07, 6.45) is 1.15. The second-order valence-electron chi connectivity index (χ2n) is 5.57. The van der Waals surface area contributed by atoms with Gasteiger partial charge in [-0.1, -0.05) is 11.6 Å². The molecule has 2 rings (SSSR count). The van der Waals surface area contributed by atoms with Crippen LogP contribution in [-0.4, -0.2) is 23.2 Å². The lowest BCUT2D eigenvalue weighted by atomic mass is 9.94. The highest BCUT2D eigenvalue weighted by Gasteiger charge is 2.38. The summed E-state index contributed by atoms with van der Waals surface area (Å²) in [6.45, 7) is 5.11. The molecule has 1 heterocycles. The number of carboxylic acids is 1. The molecule has 98 valence electrons. The number of carboxylic acid groups (broad SMARTS) is 1. The predicted octanol–water partition coefficient (Wildman–Crippen LogP) is 3.42. The lowest BCUT2D eigenvalue weighted by Crippen LogP contribution is -2.38. The van der Waals surface area contributed by atoms with Crippen LogP contribution in [0.1, 0.15) is 26.7 Å². The van der Waals surface area contributed by atoms with Crippen LogP contribution < -0.4 is 4.90 Å². The Morgan fingerprint density at radius 1 is 1.44 bits per heavy atom. The predicted molar refractivity (Wildman–Crippen MR) is 73.2 cm³/mol. The van der Waals surface area contributed by atoms with Crippen LogP contribution in [-0.2, 0) is 4.79 Å². The molecule has 1 aromatic rings. The molecule has 1 aliphatic heterocycles. The molecule has 3 nitrogen and oxygen atoms in total. The van der Waals surface area contributed by atoms with Gasteiger partial charge in [0.25, 0.3) is 0 Å². The van der Waals surface area contributed by atoms with E-state index in [9.17, 15) is 4.79 Å². The number of aliphatic carboxylic acids is 1. The maximum atomic E-state index is 10.8. The molecule has 0 amide bonds. The third-order valence-electron chi connectivity index (χ3n) is 3.56. The molecule has 0 saturated carbocycles. The topological polar surface area (TPSA) is 40.5 Å². The molecule has 1 aliphatic rings. The van der Waals surface area contributed by atoms with E-state index < -0.39 is 5.97 Å². The Morgan fingerprint density at radius 2 is 2.06 bits per heavy atom. The summed E-state index contributed by atoms with van der Waals surface area (Å²) < 4.78 is 0. The summed E-state index contributed by atoms with van der Waals surface area (Å²) in [7, 11) is 0. The maximum Gasteiger partial charge on any atom is 0.303 e. The van der Waals surface area contributed by atoms with Gasteiger partial charge >= 0.3 is 5.97 Å². The van der Waals surface area contributed by atoms with Gasteiger partial charge in [-0.25, -0.2) is 0 Å². The number of hydrogen-bond donors (Lipinski definition) is 1. The molecule has 1 N–H and O–H groups in total. The van der Waals surface area contributed by atoms with Crippen molar-refractivity contribution >= 4 is 23.3 Å². The van der Waals surface area contributed by atoms with Crippen molar-refractivity contribution < 1.29 is 9.90 Å². The highest BCUT2D eigenvalue weighted by atomic mass is 35.5. The first kappa shape index (κ1) is 13.2. The molecular formula is C14H18ClNO2. The third kappa shape index (κ3) is 2.78. The van der Waals surface area contributed by atoms with E-state index in [4.69, 9.17) is 16.7 Å². The Morgan fingerprint density at radius 3 is 2.61 bits per heavy atom. The Labute approximate surface area is 112 Å². The molecule has 1 aromatic carbocycles. The van der Waals surface area contributed by atoms with Crippen LogP contribution in [0.25, 0.3) is 0 Å². The number of carbonyl (C=O) groups is 1. The zero-order valence-electron chi connectivity index (χ0n) is 10.7. The summed E-state index contributed by atoms with van der Waals surface area (Å²) >= 11 is 5.89. The third-order valence-corrected chi connectivity index (χ3v) is 3.81. The lowest BCUT2D eigenvalue weighted by Gasteiger charge is -2.33. The Hall–Kier alpha value is -1.22. The molecule has 0 spiro atoms. The number of nitrogens with zero attached hydrogens (tertiary/aromatic N) is 1. The minimum Gasteiger partial charge on any atom is -0.481 e. The fourth-order valence-corrected chi connectivity index (χ4v) is 2.97. The van der Waals surface area contributed by atoms with Gasteiger partial charge in [-0.2, -0.15) is 0 Å². The van der Waals surface area contributed by atoms with Gasteiger partial charge in [-0.15, -0.1) is 0 Å². The van der Waals surface area contributed by atoms with Crippen molar-refractivity contribution in [3.63, 3.8) is 0 Å². The molecular weight excluding hydrogens is 250 g/mol. The van der Waals surface area contributed by atoms with Crippen molar-refractivity contribution in [3.05, 3.63) is 29.3 Å². The molecule has 0 aliphatic carbocycles. The van der Waals surface area contributed by atoms with Gasteiger partial charge in [-0.3, -0.25) is 4.79 Å². The van der Waals surface area contributed by atoms with E-state index in [1.807, 2.05) is 24.3 Å². The number of benzene rings is 1. The number of halogens is 1. The van der Waals surface area contributed by atoms with Crippen LogP contribution in [0.15, 0.2) is 24.3 Å². The summed E-state index contributed by atoms with van der Waals surface area (Å²) in [4.78, 5) is 13.1. The summed E-state index contributed by atoms with van der Waals surface area (Å²) in [5.41, 5.74) is 1.10. The van der Waals surface area contributed by atoms with E-state index >= 15 is 0 Å². The molecule has 1 fully saturated rings. The van der Waals surface area contributed by atoms with Crippen LogP contribution in [0.4, 0.5) is 5.69 Å². The Kier molecular flexibility index (Phi) is 3.53. The van der Waals surface area contributed by atoms with Gasteiger partial charge < -0.3 is 10.0 Å². The summed E-state index contributed by atoms with van der Waals surface area (Å²) in [5.74, 6) is -0.498. The molecule has 0 bridgehead atoms. The first-order valence-electron chi connectivity index (χ1n) is 6.13. The van der Waals surface area contributed by atoms with Crippen LogP contribution in [0.2, 0.25) is 5.02 Å². The highest BCUT2D eigenvalue weighted by molar-refractivity contribution is 6.30. The van der Waals surface area contributed by atoms with Gasteiger partial charge in [0, 0.05) is 29.2 Å². The van der Waals surface area contributed by atoms with Gasteiger partial charge in [0.2, 0.25) is 0 Å². The van der Waals surface area contributed by atoms with E-state index in [2.05, 4.69) is 18.7 Å². The molecule has 0 radical (unpaired) electrons. The summed E-state index contributed by atoms with van der Waals surface area (Å²) in [5, 5.41) is 9.62. The smallest absolute Gasteiger partial charge is 0.303 e. The Balaban J connectivity index is 2.17. The molecule has 1 saturated heterocycles. The molecule has 4 heteroatoms. The van der Waals surface area contributed by atoms with Crippen LogP contribution >= 0.6 is 11.6 Å². The van der Waals surface area contributed by atoms with Crippen molar-refractivity contribution in [1.82, 2.24) is 0 Å². The number of rotatable bonds is 3. The van der Waals surface area contributed by atoms with Crippen molar-refractivity contribution in [3.8, 4) is 0 Å². The Bertz CT molecular complexity index is 442. The molecule has 1 unspecified atom stereocenters. The zero-order chi connectivity index (χ0) is 13.3. The van der Waals surface area contributed by atoms with Crippen LogP contribution in [0, 0.1) is 5.92 Å². The van der Waals surface area contributed by atoms with Crippen LogP contribution in [0.3, 0.4) is 0 Å². The average molecular weight is 268 g/mol. The fourth-order valence-electron chi connectivity index (χ4n) is 2.85. The lowest BCUT2D eigenvalue weighted by molar-refractivity contribution is -0.137. The average Bonchev–Trinajstić information content (AvgIpc) is 2.53. The standard InChI is InChI=1S/C14H18ClNO2/c1-14(2)8-10(7-13(17)18)9-16(14)12-5-3-11(15)4-6-12/h3-6,10H,7-9H2,1-2H3,(H,17,18). The summed E-state index contributed by atoms with van der Waals surface area (Å²) in [6, 6.07) is 7.73. The number of anilines is 1. The van der Waals surface area contributed by atoms with Crippen LogP contribution in [0.5, 0.6) is 0 Å². The SMILES string of the molecule is CC1(C)CC(CC(=O)O)CN1c1ccc(Cl)cc1. The largest absolute Gasteiger partial charge is 0.481 e. The molecule has 1 atom stereocenters. The number of hydrogen-bond acceptors (Lipinski definition) is 2. The van der Waals surface area contributed by atoms with Crippen molar-refractivity contribution in [2.45, 2.75) is 32.2 Å². The van der Waals surface area contributed by atoms with Gasteiger partial charge in [0.05, 0.1) is 0 Å². The van der Waals surface area contributed by atoms with Crippen molar-refractivity contribution in [1.29, 1.82) is 0 Å². The normalized spacial score (nSPS) is 22.2. The van der Waals surface area contributed by atoms with E-state index in [-0.39, 0.29) is 17.9 Å². The van der Waals surface area contributed by atoms with Crippen molar-refractivity contribution in [2.75, 3.05) is 11.4 Å². The highest BCUT2D eigenvalue weighted by Crippen LogP contribution is 2.38. The molecule has 18 heavy (non-hydrogen) atoms. The van der Waals surface area contributed by atoms with Gasteiger partial charge in [0.1, 0.15) is 0 Å². The van der Waals surface area contributed by atoms with E-state index in [0.717, 1.165) is 23.7 Å². The van der Waals surface area contributed by atoms with E-state index in [1.54, 1.807) is 0 Å². The van der Waals surface area contributed by atoms with E-state index in [0.29, 0.717) is 0 Å². The minimum absolute atomic E-state index is 0.00601.